The van der Waals surface area contributed by atoms with Crippen molar-refractivity contribution in [3.63, 3.8) is 0 Å². The van der Waals surface area contributed by atoms with Gasteiger partial charge in [0.15, 0.2) is 0 Å². The number of aromatic nitrogens is 1. The van der Waals surface area contributed by atoms with Crippen molar-refractivity contribution < 1.29 is 13.9 Å². The molecule has 2 rings (SSSR count). The molecule has 0 spiro atoms. The quantitative estimate of drug-likeness (QED) is 0.871. The molecular formula is C15H15FN2O2. The Kier molecular flexibility index (Phi) is 4.30. The lowest BCUT2D eigenvalue weighted by atomic mass is 10.2. The molecule has 20 heavy (non-hydrogen) atoms. The standard InChI is InChI=1S/C15H15FN2O2/c1-3-20-13-9-10(2)6-7-12(13)18-15(19)11-5-4-8-17-14(11)16/h4-9H,3H2,1-2H3,(H,18,19). The Morgan fingerprint density at radius 3 is 2.90 bits per heavy atom. The summed E-state index contributed by atoms with van der Waals surface area (Å²) in [6, 6.07) is 8.28. The molecule has 0 unspecified atom stereocenters. The van der Waals surface area contributed by atoms with E-state index in [0.29, 0.717) is 18.0 Å². The molecule has 0 bridgehead atoms. The number of halogens is 1. The van der Waals surface area contributed by atoms with E-state index in [9.17, 15) is 9.18 Å². The normalized spacial score (nSPS) is 10.2. The minimum Gasteiger partial charge on any atom is -0.492 e. The number of nitrogens with zero attached hydrogens (tertiary/aromatic N) is 1. The zero-order valence-corrected chi connectivity index (χ0v) is 11.3. The van der Waals surface area contributed by atoms with Gasteiger partial charge in [0.1, 0.15) is 5.75 Å². The van der Waals surface area contributed by atoms with Crippen LogP contribution in [0.1, 0.15) is 22.8 Å². The number of hydrogen-bond donors (Lipinski definition) is 1. The molecule has 0 atom stereocenters. The molecule has 1 amide bonds. The monoisotopic (exact) mass is 274 g/mol. The lowest BCUT2D eigenvalue weighted by molar-refractivity contribution is 0.102. The summed E-state index contributed by atoms with van der Waals surface area (Å²) in [6.45, 7) is 4.26. The predicted molar refractivity (Wildman–Crippen MR) is 74.5 cm³/mol. The first-order chi connectivity index (χ1) is 9.61. The summed E-state index contributed by atoms with van der Waals surface area (Å²) in [5.41, 5.74) is 1.42. The number of nitrogens with one attached hydrogen (secondary N) is 1. The second-order valence-electron chi connectivity index (χ2n) is 4.23. The predicted octanol–water partition coefficient (Wildman–Crippen LogP) is 3.18. The first-order valence-electron chi connectivity index (χ1n) is 6.27. The van der Waals surface area contributed by atoms with Gasteiger partial charge < -0.3 is 10.1 Å². The number of anilines is 1. The Morgan fingerprint density at radius 1 is 1.40 bits per heavy atom. The van der Waals surface area contributed by atoms with Crippen LogP contribution in [-0.2, 0) is 0 Å². The number of aryl methyl sites for hydroxylation is 1. The van der Waals surface area contributed by atoms with Crippen LogP contribution in [0.2, 0.25) is 0 Å². The highest BCUT2D eigenvalue weighted by molar-refractivity contribution is 6.05. The van der Waals surface area contributed by atoms with Gasteiger partial charge in [-0.05, 0) is 43.7 Å². The molecule has 0 aliphatic heterocycles. The average Bonchev–Trinajstić information content (AvgIpc) is 2.42. The lowest BCUT2D eigenvalue weighted by Crippen LogP contribution is -2.15. The van der Waals surface area contributed by atoms with Gasteiger partial charge in [-0.2, -0.15) is 4.39 Å². The van der Waals surface area contributed by atoms with Crippen molar-refractivity contribution in [3.05, 3.63) is 53.6 Å². The summed E-state index contributed by atoms with van der Waals surface area (Å²) < 4.78 is 18.9. The number of ether oxygens (including phenoxy) is 1. The van der Waals surface area contributed by atoms with E-state index in [1.165, 1.54) is 18.3 Å². The molecule has 0 saturated heterocycles. The zero-order valence-electron chi connectivity index (χ0n) is 11.3. The van der Waals surface area contributed by atoms with E-state index in [1.807, 2.05) is 26.0 Å². The summed E-state index contributed by atoms with van der Waals surface area (Å²) in [5.74, 6) is -0.791. The maximum atomic E-state index is 13.5. The molecule has 104 valence electrons. The molecule has 5 heteroatoms. The van der Waals surface area contributed by atoms with Crippen LogP contribution in [0.3, 0.4) is 0 Å². The Bertz CT molecular complexity index is 629. The molecule has 0 saturated carbocycles. The fourth-order valence-corrected chi connectivity index (χ4v) is 1.75. The van der Waals surface area contributed by atoms with Crippen LogP contribution in [-0.4, -0.2) is 17.5 Å². The number of hydrogen-bond acceptors (Lipinski definition) is 3. The molecule has 2 aromatic rings. The second-order valence-corrected chi connectivity index (χ2v) is 4.23. The maximum absolute atomic E-state index is 13.5. The van der Waals surface area contributed by atoms with Crippen LogP contribution in [0.25, 0.3) is 0 Å². The number of pyridine rings is 1. The van der Waals surface area contributed by atoms with Gasteiger partial charge in [-0.3, -0.25) is 4.79 Å². The van der Waals surface area contributed by atoms with Gasteiger partial charge in [0.2, 0.25) is 5.95 Å². The van der Waals surface area contributed by atoms with Crippen LogP contribution in [0.5, 0.6) is 5.75 Å². The molecule has 0 aliphatic carbocycles. The summed E-state index contributed by atoms with van der Waals surface area (Å²) in [6.07, 6.45) is 1.30. The van der Waals surface area contributed by atoms with Crippen LogP contribution in [0, 0.1) is 12.9 Å². The topological polar surface area (TPSA) is 51.2 Å². The fourth-order valence-electron chi connectivity index (χ4n) is 1.75. The van der Waals surface area contributed by atoms with Crippen molar-refractivity contribution in [3.8, 4) is 5.75 Å². The van der Waals surface area contributed by atoms with Crippen molar-refractivity contribution in [2.24, 2.45) is 0 Å². The van der Waals surface area contributed by atoms with E-state index in [0.717, 1.165) is 5.56 Å². The summed E-state index contributed by atoms with van der Waals surface area (Å²) in [7, 11) is 0. The Hall–Kier alpha value is -2.43. The minimum absolute atomic E-state index is 0.101. The van der Waals surface area contributed by atoms with Crippen molar-refractivity contribution in [1.82, 2.24) is 4.98 Å². The van der Waals surface area contributed by atoms with Gasteiger partial charge in [-0.25, -0.2) is 4.98 Å². The smallest absolute Gasteiger partial charge is 0.260 e. The van der Waals surface area contributed by atoms with E-state index in [1.54, 1.807) is 6.07 Å². The third-order valence-electron chi connectivity index (χ3n) is 2.69. The minimum atomic E-state index is -0.796. The van der Waals surface area contributed by atoms with Crippen molar-refractivity contribution in [2.75, 3.05) is 11.9 Å². The average molecular weight is 274 g/mol. The molecule has 0 aliphatic rings. The molecular weight excluding hydrogens is 259 g/mol. The lowest BCUT2D eigenvalue weighted by Gasteiger charge is -2.12. The highest BCUT2D eigenvalue weighted by Gasteiger charge is 2.14. The molecule has 1 aromatic carbocycles. The number of carbonyl (C=O) groups is 1. The van der Waals surface area contributed by atoms with Crippen molar-refractivity contribution in [1.29, 1.82) is 0 Å². The molecule has 1 heterocycles. The first-order valence-corrected chi connectivity index (χ1v) is 6.27. The third kappa shape index (κ3) is 3.12. The summed E-state index contributed by atoms with van der Waals surface area (Å²) in [5, 5.41) is 2.64. The van der Waals surface area contributed by atoms with E-state index in [4.69, 9.17) is 4.74 Å². The molecule has 4 nitrogen and oxygen atoms in total. The molecule has 0 fully saturated rings. The third-order valence-corrected chi connectivity index (χ3v) is 2.69. The summed E-state index contributed by atoms with van der Waals surface area (Å²) >= 11 is 0. The highest BCUT2D eigenvalue weighted by Crippen LogP contribution is 2.26. The van der Waals surface area contributed by atoms with E-state index >= 15 is 0 Å². The van der Waals surface area contributed by atoms with E-state index in [2.05, 4.69) is 10.3 Å². The second kappa shape index (κ2) is 6.14. The largest absolute Gasteiger partial charge is 0.492 e. The van der Waals surface area contributed by atoms with Crippen molar-refractivity contribution in [2.45, 2.75) is 13.8 Å². The van der Waals surface area contributed by atoms with E-state index in [-0.39, 0.29) is 5.56 Å². The molecule has 0 radical (unpaired) electrons. The van der Waals surface area contributed by atoms with Gasteiger partial charge in [0.25, 0.3) is 5.91 Å². The van der Waals surface area contributed by atoms with Crippen molar-refractivity contribution >= 4 is 11.6 Å². The van der Waals surface area contributed by atoms with Gasteiger partial charge in [0, 0.05) is 6.20 Å². The Labute approximate surface area is 116 Å². The van der Waals surface area contributed by atoms with Gasteiger partial charge in [0.05, 0.1) is 17.9 Å². The van der Waals surface area contributed by atoms with Gasteiger partial charge in [-0.1, -0.05) is 6.07 Å². The summed E-state index contributed by atoms with van der Waals surface area (Å²) in [4.78, 5) is 15.5. The maximum Gasteiger partial charge on any atom is 0.260 e. The number of carbonyl (C=O) groups excluding carboxylic acids is 1. The SMILES string of the molecule is CCOc1cc(C)ccc1NC(=O)c1cccnc1F. The van der Waals surface area contributed by atoms with E-state index < -0.39 is 11.9 Å². The Balaban J connectivity index is 2.26. The van der Waals surface area contributed by atoms with Crippen LogP contribution in [0.15, 0.2) is 36.5 Å². The first kappa shape index (κ1) is 14.0. The van der Waals surface area contributed by atoms with Gasteiger partial charge >= 0.3 is 0 Å². The van der Waals surface area contributed by atoms with Gasteiger partial charge in [-0.15, -0.1) is 0 Å². The number of rotatable bonds is 4. The zero-order chi connectivity index (χ0) is 14.5. The van der Waals surface area contributed by atoms with Crippen LogP contribution in [0.4, 0.5) is 10.1 Å². The Morgan fingerprint density at radius 2 is 2.20 bits per heavy atom. The number of amides is 1. The van der Waals surface area contributed by atoms with Crippen LogP contribution >= 0.6 is 0 Å². The molecule has 1 N–H and O–H groups in total. The fraction of sp³-hybridized carbons (Fsp3) is 0.200. The molecule has 1 aromatic heterocycles. The highest BCUT2D eigenvalue weighted by atomic mass is 19.1. The van der Waals surface area contributed by atoms with Crippen LogP contribution < -0.4 is 10.1 Å². The number of benzene rings is 1.